The van der Waals surface area contributed by atoms with E-state index in [1.807, 2.05) is 0 Å². The summed E-state index contributed by atoms with van der Waals surface area (Å²) in [4.78, 5) is 24.9. The maximum absolute atomic E-state index is 11.8. The summed E-state index contributed by atoms with van der Waals surface area (Å²) >= 11 is 0. The van der Waals surface area contributed by atoms with Crippen LogP contribution < -0.4 is 5.32 Å². The van der Waals surface area contributed by atoms with Gasteiger partial charge in [0.05, 0.1) is 38.6 Å². The Balaban J connectivity index is 4.63. The lowest BCUT2D eigenvalue weighted by Gasteiger charge is -2.30. The number of nitrogens with one attached hydrogen (secondary N) is 1. The Bertz CT molecular complexity index is 449. The highest BCUT2D eigenvalue weighted by Crippen LogP contribution is 2.06. The highest BCUT2D eigenvalue weighted by atomic mass is 17.2. The molecule has 13 nitrogen and oxygen atoms in total. The van der Waals surface area contributed by atoms with Crippen LogP contribution in [0.3, 0.4) is 0 Å². The maximum atomic E-state index is 11.8. The van der Waals surface area contributed by atoms with E-state index < -0.39 is 37.6 Å². The number of likely N-dealkylation sites (N-methyl/N-ethyl adjacent to an activating group) is 1. The first-order valence-corrected chi connectivity index (χ1v) is 10.1. The molecule has 31 heavy (non-hydrogen) atoms. The molecule has 7 N–H and O–H groups in total. The number of carbonyl (C=O) groups excluding carboxylic acids is 1. The van der Waals surface area contributed by atoms with Crippen LogP contribution in [0.15, 0.2) is 0 Å². The third kappa shape index (κ3) is 13.2. The average molecular weight is 458 g/mol. The van der Waals surface area contributed by atoms with Gasteiger partial charge in [-0.3, -0.25) is 9.69 Å². The summed E-state index contributed by atoms with van der Waals surface area (Å²) < 4.78 is 4.77. The molecule has 13 heteroatoms. The molecule has 0 saturated carbocycles. The molecule has 186 valence electrons. The van der Waals surface area contributed by atoms with Gasteiger partial charge in [0.2, 0.25) is 5.91 Å². The lowest BCUT2D eigenvalue weighted by Crippen LogP contribution is -2.48. The Labute approximate surface area is 182 Å². The van der Waals surface area contributed by atoms with Crippen molar-refractivity contribution in [3.8, 4) is 0 Å². The normalized spacial score (nSPS) is 15.6. The highest BCUT2D eigenvalue weighted by molar-refractivity contribution is 5.77. The second kappa shape index (κ2) is 18.6. The van der Waals surface area contributed by atoms with Crippen molar-refractivity contribution in [1.82, 2.24) is 15.1 Å². The fourth-order valence-electron chi connectivity index (χ4n) is 2.61. The van der Waals surface area contributed by atoms with E-state index in [0.717, 1.165) is 0 Å². The molecule has 0 aromatic heterocycles. The van der Waals surface area contributed by atoms with Gasteiger partial charge in [-0.25, -0.2) is 9.78 Å². The Hall–Kier alpha value is -0.970. The Kier molecular flexibility index (Phi) is 18.0. The van der Waals surface area contributed by atoms with Gasteiger partial charge in [-0.2, -0.15) is 0 Å². The van der Waals surface area contributed by atoms with Crippen molar-refractivity contribution in [2.45, 2.75) is 24.4 Å². The van der Waals surface area contributed by atoms with Gasteiger partial charge in [0.25, 0.3) is 0 Å². The van der Waals surface area contributed by atoms with E-state index >= 15 is 0 Å². The number of methoxy groups -OCH3 is 1. The molecule has 0 spiro atoms. The summed E-state index contributed by atoms with van der Waals surface area (Å²) in [5.41, 5.74) is 0. The van der Waals surface area contributed by atoms with Gasteiger partial charge in [0.15, 0.2) is 0 Å². The number of rotatable bonds is 20. The van der Waals surface area contributed by atoms with E-state index in [-0.39, 0.29) is 51.9 Å². The van der Waals surface area contributed by atoms with E-state index in [2.05, 4.69) is 5.32 Å². The Morgan fingerprint density at radius 1 is 0.968 bits per heavy atom. The number of ether oxygens (including phenoxy) is 1. The fourth-order valence-corrected chi connectivity index (χ4v) is 2.61. The predicted octanol–water partition coefficient (Wildman–Crippen LogP) is -4.64. The number of carbonyl (C=O) groups is 1. The monoisotopic (exact) mass is 457 g/mol. The number of hydrogen-bond donors (Lipinski definition) is 7. The summed E-state index contributed by atoms with van der Waals surface area (Å²) in [7, 11) is 3.11. The smallest absolute Gasteiger partial charge is 0.248 e. The van der Waals surface area contributed by atoms with Crippen LogP contribution in [0, 0.1) is 0 Å². The molecule has 0 rings (SSSR count). The van der Waals surface area contributed by atoms with Crippen molar-refractivity contribution in [3.05, 3.63) is 0 Å². The van der Waals surface area contributed by atoms with Crippen molar-refractivity contribution < 1.29 is 49.9 Å². The van der Waals surface area contributed by atoms with Crippen LogP contribution in [0.4, 0.5) is 0 Å². The minimum absolute atomic E-state index is 0.00552. The van der Waals surface area contributed by atoms with Gasteiger partial charge >= 0.3 is 0 Å². The van der Waals surface area contributed by atoms with Gasteiger partial charge < -0.3 is 45.6 Å². The van der Waals surface area contributed by atoms with Crippen molar-refractivity contribution in [3.63, 3.8) is 0 Å². The van der Waals surface area contributed by atoms with Gasteiger partial charge in [0, 0.05) is 46.4 Å². The van der Waals surface area contributed by atoms with Gasteiger partial charge in [0.1, 0.15) is 18.8 Å². The minimum Gasteiger partial charge on any atom is -0.395 e. The zero-order valence-corrected chi connectivity index (χ0v) is 18.3. The third-order valence-electron chi connectivity index (χ3n) is 4.44. The standard InChI is InChI=1S/C18H39N3O10/c1-19-3-4-20(9-14(25)16(27)11-23)10-15(26)17(12-24)31-30-8-6-21(5-7-22)18(28)13-29-2/h14-17,19,22-27H,3-13H2,1-2H3/t14-,15-,16+,17+/m0/s1. The van der Waals surface area contributed by atoms with Crippen LogP contribution in [0.25, 0.3) is 0 Å². The average Bonchev–Trinajstić information content (AvgIpc) is 2.75. The fraction of sp³-hybridized carbons (Fsp3) is 0.944. The van der Waals surface area contributed by atoms with Gasteiger partial charge in [-0.1, -0.05) is 0 Å². The molecular formula is C18H39N3O10. The molecule has 0 fully saturated rings. The van der Waals surface area contributed by atoms with Crippen LogP contribution in [0.5, 0.6) is 0 Å². The quantitative estimate of drug-likeness (QED) is 0.0528. The van der Waals surface area contributed by atoms with E-state index in [4.69, 9.17) is 24.7 Å². The second-order valence-corrected chi connectivity index (χ2v) is 6.92. The number of aliphatic hydroxyl groups excluding tert-OH is 6. The van der Waals surface area contributed by atoms with Crippen molar-refractivity contribution in [1.29, 1.82) is 0 Å². The van der Waals surface area contributed by atoms with Crippen LogP contribution in [0.1, 0.15) is 0 Å². The first-order valence-electron chi connectivity index (χ1n) is 10.1. The summed E-state index contributed by atoms with van der Waals surface area (Å²) in [6.07, 6.45) is -4.83. The Morgan fingerprint density at radius 3 is 2.19 bits per heavy atom. The highest BCUT2D eigenvalue weighted by Gasteiger charge is 2.26. The van der Waals surface area contributed by atoms with E-state index in [0.29, 0.717) is 13.1 Å². The zero-order chi connectivity index (χ0) is 23.6. The lowest BCUT2D eigenvalue weighted by atomic mass is 10.1. The van der Waals surface area contributed by atoms with Crippen LogP contribution >= 0.6 is 0 Å². The molecule has 0 aromatic rings. The molecule has 0 unspecified atom stereocenters. The largest absolute Gasteiger partial charge is 0.395 e. The van der Waals surface area contributed by atoms with E-state index in [1.165, 1.54) is 12.0 Å². The van der Waals surface area contributed by atoms with Crippen LogP contribution in [0.2, 0.25) is 0 Å². The molecule has 0 aromatic carbocycles. The van der Waals surface area contributed by atoms with E-state index in [9.17, 15) is 25.2 Å². The lowest BCUT2D eigenvalue weighted by molar-refractivity contribution is -0.343. The molecule has 0 aliphatic rings. The molecule has 0 saturated heterocycles. The molecular weight excluding hydrogens is 418 g/mol. The number of nitrogens with zero attached hydrogens (tertiary/aromatic N) is 2. The molecule has 0 radical (unpaired) electrons. The van der Waals surface area contributed by atoms with Crippen molar-refractivity contribution >= 4 is 5.91 Å². The molecule has 0 bridgehead atoms. The molecule has 1 amide bonds. The van der Waals surface area contributed by atoms with Crippen LogP contribution in [-0.4, -0.2) is 157 Å². The molecule has 0 aliphatic heterocycles. The Morgan fingerprint density at radius 2 is 1.65 bits per heavy atom. The molecule has 4 atom stereocenters. The first kappa shape index (κ1) is 30.0. The predicted molar refractivity (Wildman–Crippen MR) is 109 cm³/mol. The van der Waals surface area contributed by atoms with Crippen molar-refractivity contribution in [2.24, 2.45) is 0 Å². The summed E-state index contributed by atoms with van der Waals surface area (Å²) in [5.74, 6) is -0.331. The molecule has 0 heterocycles. The van der Waals surface area contributed by atoms with Gasteiger partial charge in [-0.15, -0.1) is 0 Å². The van der Waals surface area contributed by atoms with Crippen LogP contribution in [-0.2, 0) is 19.3 Å². The number of amides is 1. The first-order chi connectivity index (χ1) is 14.8. The second-order valence-electron chi connectivity index (χ2n) is 6.92. The van der Waals surface area contributed by atoms with E-state index in [1.54, 1.807) is 11.9 Å². The summed E-state index contributed by atoms with van der Waals surface area (Å²) in [5, 5.41) is 60.3. The zero-order valence-electron chi connectivity index (χ0n) is 18.3. The molecule has 0 aliphatic carbocycles. The number of hydrogen-bond acceptors (Lipinski definition) is 12. The van der Waals surface area contributed by atoms with Crippen molar-refractivity contribution in [2.75, 3.05) is 86.5 Å². The topological polar surface area (TPSA) is 185 Å². The number of aliphatic hydroxyl groups is 6. The minimum atomic E-state index is -1.31. The summed E-state index contributed by atoms with van der Waals surface area (Å²) in [6.45, 7) is -0.450. The SMILES string of the molecule is CNCCN(C[C@H](O)[C@H](O)CO)C[C@H](O)[C@@H](CO)OOCCN(CCO)C(=O)COC. The third-order valence-corrected chi connectivity index (χ3v) is 4.44. The maximum Gasteiger partial charge on any atom is 0.248 e. The van der Waals surface area contributed by atoms with Gasteiger partial charge in [-0.05, 0) is 7.05 Å². The summed E-state index contributed by atoms with van der Waals surface area (Å²) in [6, 6.07) is 0.